The molecule has 2 atom stereocenters. The molecule has 0 unspecified atom stereocenters. The van der Waals surface area contributed by atoms with Crippen LogP contribution in [-0.2, 0) is 11.2 Å². The molecule has 0 aliphatic heterocycles. The Bertz CT molecular complexity index is 648. The number of aromatic nitrogens is 1. The van der Waals surface area contributed by atoms with E-state index in [1.54, 1.807) is 25.4 Å². The smallest absolute Gasteiger partial charge is 0.224 e. The molecule has 1 aliphatic carbocycles. The van der Waals surface area contributed by atoms with Gasteiger partial charge in [-0.15, -0.1) is 0 Å². The lowest BCUT2D eigenvalue weighted by molar-refractivity contribution is -0.116. The van der Waals surface area contributed by atoms with E-state index in [-0.39, 0.29) is 5.91 Å². The van der Waals surface area contributed by atoms with Crippen molar-refractivity contribution in [2.75, 3.05) is 12.4 Å². The Hall–Kier alpha value is -2.30. The number of hydrogen-bond donors (Lipinski definition) is 1. The lowest BCUT2D eigenvalue weighted by Crippen LogP contribution is -2.12. The van der Waals surface area contributed by atoms with Crippen LogP contribution in [0.4, 0.5) is 5.69 Å². The summed E-state index contributed by atoms with van der Waals surface area (Å²) < 4.78 is 10.8. The van der Waals surface area contributed by atoms with Crippen LogP contribution in [0.1, 0.15) is 37.2 Å². The van der Waals surface area contributed by atoms with Gasteiger partial charge in [-0.2, -0.15) is 0 Å². The first-order valence-electron chi connectivity index (χ1n) is 7.54. The minimum atomic E-state index is -0.0512. The number of nitrogens with zero attached hydrogens (tertiary/aromatic N) is 1. The Kier molecular flexibility index (Phi) is 4.13. The summed E-state index contributed by atoms with van der Waals surface area (Å²) in [4.78, 5) is 16.0. The number of hydrogen-bond acceptors (Lipinski definition) is 4. The summed E-state index contributed by atoms with van der Waals surface area (Å²) >= 11 is 0. The first-order chi connectivity index (χ1) is 10.7. The zero-order valence-corrected chi connectivity index (χ0v) is 12.8. The molecule has 0 saturated heterocycles. The van der Waals surface area contributed by atoms with Crippen molar-refractivity contribution in [2.45, 2.75) is 32.1 Å². The van der Waals surface area contributed by atoms with Crippen molar-refractivity contribution in [2.24, 2.45) is 5.92 Å². The van der Waals surface area contributed by atoms with Crippen LogP contribution in [-0.4, -0.2) is 18.0 Å². The summed E-state index contributed by atoms with van der Waals surface area (Å²) in [6, 6.07) is 7.49. The van der Waals surface area contributed by atoms with Gasteiger partial charge in [0.05, 0.1) is 19.0 Å². The maximum Gasteiger partial charge on any atom is 0.224 e. The van der Waals surface area contributed by atoms with E-state index in [1.807, 2.05) is 12.1 Å². The number of methoxy groups -OCH3 is 1. The summed E-state index contributed by atoms with van der Waals surface area (Å²) in [7, 11) is 1.56. The molecule has 0 aromatic carbocycles. The standard InChI is InChI=1S/C17H20N2O3/c1-11-9-14(11)15-6-4-13(22-15)5-7-16(20)19-12-3-8-17(21-2)18-10-12/h3-4,6,8,10-11,14H,5,7,9H2,1-2H3,(H,19,20)/t11-,14-/m1/s1. The fourth-order valence-corrected chi connectivity index (χ4v) is 2.48. The fourth-order valence-electron chi connectivity index (χ4n) is 2.48. The van der Waals surface area contributed by atoms with Crippen molar-refractivity contribution in [3.05, 3.63) is 42.0 Å². The van der Waals surface area contributed by atoms with Crippen LogP contribution in [0.5, 0.6) is 5.88 Å². The lowest BCUT2D eigenvalue weighted by Gasteiger charge is -2.05. The van der Waals surface area contributed by atoms with Crippen LogP contribution in [0.3, 0.4) is 0 Å². The Labute approximate surface area is 129 Å². The molecule has 2 aromatic rings. The van der Waals surface area contributed by atoms with Crippen molar-refractivity contribution in [3.63, 3.8) is 0 Å². The van der Waals surface area contributed by atoms with E-state index < -0.39 is 0 Å². The van der Waals surface area contributed by atoms with Gasteiger partial charge in [-0.1, -0.05) is 6.92 Å². The van der Waals surface area contributed by atoms with Crippen LogP contribution in [0.25, 0.3) is 0 Å². The highest BCUT2D eigenvalue weighted by Gasteiger charge is 2.36. The number of rotatable bonds is 6. The van der Waals surface area contributed by atoms with E-state index in [2.05, 4.69) is 17.2 Å². The molecule has 0 bridgehead atoms. The first-order valence-corrected chi connectivity index (χ1v) is 7.54. The second-order valence-electron chi connectivity index (χ2n) is 5.76. The van der Waals surface area contributed by atoms with Gasteiger partial charge in [-0.05, 0) is 30.5 Å². The van der Waals surface area contributed by atoms with Crippen LogP contribution >= 0.6 is 0 Å². The van der Waals surface area contributed by atoms with E-state index in [9.17, 15) is 4.79 Å². The summed E-state index contributed by atoms with van der Waals surface area (Å²) in [5, 5.41) is 2.81. The van der Waals surface area contributed by atoms with Gasteiger partial charge in [0.2, 0.25) is 11.8 Å². The number of carbonyl (C=O) groups is 1. The maximum absolute atomic E-state index is 11.9. The molecule has 5 nitrogen and oxygen atoms in total. The topological polar surface area (TPSA) is 64.4 Å². The zero-order valence-electron chi connectivity index (χ0n) is 12.8. The van der Waals surface area contributed by atoms with Crippen molar-refractivity contribution in [1.29, 1.82) is 0 Å². The molecule has 1 aliphatic rings. The maximum atomic E-state index is 11.9. The highest BCUT2D eigenvalue weighted by Crippen LogP contribution is 2.47. The molecule has 1 amide bonds. The lowest BCUT2D eigenvalue weighted by atomic mass is 10.2. The third kappa shape index (κ3) is 3.47. The van der Waals surface area contributed by atoms with Crippen LogP contribution < -0.4 is 10.1 Å². The summed E-state index contributed by atoms with van der Waals surface area (Å²) in [6.07, 6.45) is 3.78. The third-order valence-corrected chi connectivity index (χ3v) is 3.99. The van der Waals surface area contributed by atoms with E-state index in [0.717, 1.165) is 17.4 Å². The largest absolute Gasteiger partial charge is 0.481 e. The summed E-state index contributed by atoms with van der Waals surface area (Å²) in [5.74, 6) is 3.71. The molecule has 3 rings (SSSR count). The molecular weight excluding hydrogens is 280 g/mol. The van der Waals surface area contributed by atoms with Crippen molar-refractivity contribution >= 4 is 11.6 Å². The molecular formula is C17H20N2O3. The Morgan fingerprint density at radius 3 is 2.86 bits per heavy atom. The second-order valence-corrected chi connectivity index (χ2v) is 5.76. The van der Waals surface area contributed by atoms with Crippen LogP contribution in [0, 0.1) is 5.92 Å². The highest BCUT2D eigenvalue weighted by atomic mass is 16.5. The number of furan rings is 1. The molecule has 22 heavy (non-hydrogen) atoms. The van der Waals surface area contributed by atoms with E-state index in [1.165, 1.54) is 6.42 Å². The number of carbonyl (C=O) groups excluding carboxylic acids is 1. The Balaban J connectivity index is 1.48. The molecule has 116 valence electrons. The fraction of sp³-hybridized carbons (Fsp3) is 0.412. The minimum Gasteiger partial charge on any atom is -0.481 e. The summed E-state index contributed by atoms with van der Waals surface area (Å²) in [6.45, 7) is 2.23. The van der Waals surface area contributed by atoms with E-state index >= 15 is 0 Å². The highest BCUT2D eigenvalue weighted by molar-refractivity contribution is 5.90. The minimum absolute atomic E-state index is 0.0512. The molecule has 0 radical (unpaired) electrons. The monoisotopic (exact) mass is 300 g/mol. The molecule has 2 aromatic heterocycles. The van der Waals surface area contributed by atoms with Gasteiger partial charge in [-0.25, -0.2) is 4.98 Å². The van der Waals surface area contributed by atoms with E-state index in [4.69, 9.17) is 9.15 Å². The molecule has 1 N–H and O–H groups in total. The van der Waals surface area contributed by atoms with E-state index in [0.29, 0.717) is 30.3 Å². The zero-order chi connectivity index (χ0) is 15.5. The number of ether oxygens (including phenoxy) is 1. The number of anilines is 1. The average Bonchev–Trinajstić information content (AvgIpc) is 3.08. The molecule has 1 fully saturated rings. The number of amides is 1. The predicted octanol–water partition coefficient (Wildman–Crippen LogP) is 3.38. The van der Waals surface area contributed by atoms with Gasteiger partial charge in [0.1, 0.15) is 11.5 Å². The predicted molar refractivity (Wildman–Crippen MR) is 83.0 cm³/mol. The van der Waals surface area contributed by atoms with Gasteiger partial charge in [0.25, 0.3) is 0 Å². The first kappa shape index (κ1) is 14.6. The van der Waals surface area contributed by atoms with Gasteiger partial charge in [-0.3, -0.25) is 4.79 Å². The average molecular weight is 300 g/mol. The quantitative estimate of drug-likeness (QED) is 0.888. The van der Waals surface area contributed by atoms with Crippen LogP contribution in [0.2, 0.25) is 0 Å². The molecule has 2 heterocycles. The number of nitrogens with one attached hydrogen (secondary N) is 1. The molecule has 1 saturated carbocycles. The van der Waals surface area contributed by atoms with Crippen LogP contribution in [0.15, 0.2) is 34.9 Å². The molecule has 0 spiro atoms. The normalized spacial score (nSPS) is 19.7. The third-order valence-electron chi connectivity index (χ3n) is 3.99. The van der Waals surface area contributed by atoms with Crippen molar-refractivity contribution in [3.8, 4) is 5.88 Å². The number of aryl methyl sites for hydroxylation is 1. The van der Waals surface area contributed by atoms with Gasteiger partial charge < -0.3 is 14.5 Å². The Morgan fingerprint density at radius 2 is 2.23 bits per heavy atom. The van der Waals surface area contributed by atoms with Gasteiger partial charge >= 0.3 is 0 Å². The molecule has 5 heteroatoms. The van der Waals surface area contributed by atoms with Gasteiger partial charge in [0, 0.05) is 24.8 Å². The van der Waals surface area contributed by atoms with Gasteiger partial charge in [0.15, 0.2) is 0 Å². The van der Waals surface area contributed by atoms with Crippen molar-refractivity contribution in [1.82, 2.24) is 4.98 Å². The number of pyridine rings is 1. The Morgan fingerprint density at radius 1 is 1.41 bits per heavy atom. The second kappa shape index (κ2) is 6.22. The summed E-state index contributed by atoms with van der Waals surface area (Å²) in [5.41, 5.74) is 0.665. The van der Waals surface area contributed by atoms with Crippen molar-refractivity contribution < 1.29 is 13.9 Å². The SMILES string of the molecule is COc1ccc(NC(=O)CCc2ccc([C@@H]3C[C@H]3C)o2)cn1.